The molecule has 104 valence electrons. The van der Waals surface area contributed by atoms with Crippen LogP contribution < -0.4 is 0 Å². The average molecular weight is 297 g/mol. The molecule has 0 radical (unpaired) electrons. The van der Waals surface area contributed by atoms with E-state index in [4.69, 9.17) is 11.6 Å². The van der Waals surface area contributed by atoms with Gasteiger partial charge in [0, 0.05) is 23.2 Å². The van der Waals surface area contributed by atoms with E-state index in [1.54, 1.807) is 23.2 Å². The molecule has 2 rings (SSSR count). The molecular weight excluding hydrogens is 286 g/mol. The SMILES string of the molecule is O=C(/C=C\c1cnn(CCCl)c1)c1ccc(F)c(F)c1. The predicted octanol–water partition coefficient (Wildman–Crippen LogP) is 3.30. The van der Waals surface area contributed by atoms with Gasteiger partial charge in [-0.3, -0.25) is 9.48 Å². The average Bonchev–Trinajstić information content (AvgIpc) is 2.87. The van der Waals surface area contributed by atoms with Gasteiger partial charge in [-0.25, -0.2) is 8.78 Å². The summed E-state index contributed by atoms with van der Waals surface area (Å²) in [6.45, 7) is 0.576. The van der Waals surface area contributed by atoms with E-state index in [-0.39, 0.29) is 5.56 Å². The van der Waals surface area contributed by atoms with Gasteiger partial charge in [0.05, 0.1) is 12.7 Å². The van der Waals surface area contributed by atoms with Crippen LogP contribution in [0.2, 0.25) is 0 Å². The Hall–Kier alpha value is -2.01. The van der Waals surface area contributed by atoms with Gasteiger partial charge in [0.15, 0.2) is 17.4 Å². The lowest BCUT2D eigenvalue weighted by Crippen LogP contribution is -1.98. The third-order valence-corrected chi connectivity index (χ3v) is 2.77. The number of nitrogens with zero attached hydrogens (tertiary/aromatic N) is 2. The minimum atomic E-state index is -1.04. The van der Waals surface area contributed by atoms with Gasteiger partial charge in [0.25, 0.3) is 0 Å². The smallest absolute Gasteiger partial charge is 0.185 e. The molecule has 1 aromatic carbocycles. The molecule has 0 aliphatic heterocycles. The third kappa shape index (κ3) is 3.51. The van der Waals surface area contributed by atoms with Crippen LogP contribution in [0, 0.1) is 11.6 Å². The van der Waals surface area contributed by atoms with Crippen molar-refractivity contribution in [3.8, 4) is 0 Å². The minimum Gasteiger partial charge on any atom is -0.289 e. The molecule has 6 heteroatoms. The highest BCUT2D eigenvalue weighted by atomic mass is 35.5. The summed E-state index contributed by atoms with van der Waals surface area (Å²) >= 11 is 5.58. The van der Waals surface area contributed by atoms with Crippen LogP contribution in [0.15, 0.2) is 36.7 Å². The van der Waals surface area contributed by atoms with Crippen LogP contribution in [0.5, 0.6) is 0 Å². The highest BCUT2D eigenvalue weighted by molar-refractivity contribution is 6.17. The van der Waals surface area contributed by atoms with Crippen LogP contribution in [0.3, 0.4) is 0 Å². The second-order valence-corrected chi connectivity index (χ2v) is 4.43. The Labute approximate surface area is 119 Å². The lowest BCUT2D eigenvalue weighted by molar-refractivity contribution is 0.104. The van der Waals surface area contributed by atoms with E-state index in [0.717, 1.165) is 17.7 Å². The van der Waals surface area contributed by atoms with E-state index < -0.39 is 17.4 Å². The van der Waals surface area contributed by atoms with Gasteiger partial charge in [0.2, 0.25) is 0 Å². The quantitative estimate of drug-likeness (QED) is 0.482. The van der Waals surface area contributed by atoms with Crippen molar-refractivity contribution >= 4 is 23.5 Å². The van der Waals surface area contributed by atoms with Crippen LogP contribution in [0.4, 0.5) is 8.78 Å². The molecule has 20 heavy (non-hydrogen) atoms. The molecule has 0 atom stereocenters. The Balaban J connectivity index is 2.09. The van der Waals surface area contributed by atoms with E-state index in [1.807, 2.05) is 0 Å². The van der Waals surface area contributed by atoms with Crippen molar-refractivity contribution in [3.05, 3.63) is 59.4 Å². The van der Waals surface area contributed by atoms with E-state index in [0.29, 0.717) is 12.4 Å². The third-order valence-electron chi connectivity index (χ3n) is 2.60. The Morgan fingerprint density at radius 1 is 1.35 bits per heavy atom. The molecule has 0 aliphatic rings. The van der Waals surface area contributed by atoms with Crippen molar-refractivity contribution in [1.29, 1.82) is 0 Å². The van der Waals surface area contributed by atoms with E-state index in [9.17, 15) is 13.6 Å². The van der Waals surface area contributed by atoms with Crippen LogP contribution in [0.1, 0.15) is 15.9 Å². The maximum Gasteiger partial charge on any atom is 0.185 e. The van der Waals surface area contributed by atoms with Gasteiger partial charge < -0.3 is 0 Å². The Bertz CT molecular complexity index is 652. The van der Waals surface area contributed by atoms with Gasteiger partial charge in [-0.1, -0.05) is 0 Å². The van der Waals surface area contributed by atoms with E-state index >= 15 is 0 Å². The second-order valence-electron chi connectivity index (χ2n) is 4.05. The first-order valence-electron chi connectivity index (χ1n) is 5.86. The maximum atomic E-state index is 13.0. The van der Waals surface area contributed by atoms with Crippen molar-refractivity contribution in [3.63, 3.8) is 0 Å². The number of allylic oxidation sites excluding steroid dienone is 1. The standard InChI is InChI=1S/C14H11ClF2N2O/c15-5-6-19-9-10(8-18-19)1-4-14(20)11-2-3-12(16)13(17)7-11/h1-4,7-9H,5-6H2/b4-1-. The zero-order valence-electron chi connectivity index (χ0n) is 10.4. The molecule has 0 aliphatic carbocycles. The molecule has 0 fully saturated rings. The summed E-state index contributed by atoms with van der Waals surface area (Å²) in [6, 6.07) is 3.04. The van der Waals surface area contributed by atoms with Crippen LogP contribution in [-0.4, -0.2) is 21.4 Å². The highest BCUT2D eigenvalue weighted by Gasteiger charge is 2.07. The number of hydrogen-bond donors (Lipinski definition) is 0. The normalized spacial score (nSPS) is 11.2. The molecule has 0 unspecified atom stereocenters. The Morgan fingerprint density at radius 3 is 2.85 bits per heavy atom. The largest absolute Gasteiger partial charge is 0.289 e. The summed E-state index contributed by atoms with van der Waals surface area (Å²) in [4.78, 5) is 11.8. The van der Waals surface area contributed by atoms with Crippen molar-refractivity contribution < 1.29 is 13.6 Å². The fourth-order valence-electron chi connectivity index (χ4n) is 1.59. The number of ketones is 1. The van der Waals surface area contributed by atoms with Gasteiger partial charge in [-0.2, -0.15) is 5.10 Å². The van der Waals surface area contributed by atoms with Crippen molar-refractivity contribution in [2.75, 3.05) is 5.88 Å². The second kappa shape index (κ2) is 6.43. The zero-order chi connectivity index (χ0) is 14.5. The number of rotatable bonds is 5. The summed E-state index contributed by atoms with van der Waals surface area (Å²) in [6.07, 6.45) is 6.16. The molecule has 0 bridgehead atoms. The maximum absolute atomic E-state index is 13.0. The van der Waals surface area contributed by atoms with E-state index in [2.05, 4.69) is 5.10 Å². The van der Waals surface area contributed by atoms with E-state index in [1.165, 1.54) is 12.1 Å². The summed E-state index contributed by atoms with van der Waals surface area (Å²) in [5, 5.41) is 4.04. The first-order valence-corrected chi connectivity index (χ1v) is 6.39. The molecule has 0 saturated heterocycles. The Kier molecular flexibility index (Phi) is 4.63. The lowest BCUT2D eigenvalue weighted by atomic mass is 10.1. The summed E-state index contributed by atoms with van der Waals surface area (Å²) < 4.78 is 27.4. The topological polar surface area (TPSA) is 34.9 Å². The first kappa shape index (κ1) is 14.4. The number of hydrogen-bond acceptors (Lipinski definition) is 2. The molecule has 0 amide bonds. The van der Waals surface area contributed by atoms with Crippen molar-refractivity contribution in [1.82, 2.24) is 9.78 Å². The molecule has 0 saturated carbocycles. The lowest BCUT2D eigenvalue weighted by Gasteiger charge is -1.97. The number of aromatic nitrogens is 2. The minimum absolute atomic E-state index is 0.0910. The summed E-state index contributed by atoms with van der Waals surface area (Å²) in [7, 11) is 0. The molecule has 0 spiro atoms. The van der Waals surface area contributed by atoms with Gasteiger partial charge >= 0.3 is 0 Å². The number of aryl methyl sites for hydroxylation is 1. The van der Waals surface area contributed by atoms with Crippen LogP contribution in [-0.2, 0) is 6.54 Å². The summed E-state index contributed by atoms with van der Waals surface area (Å²) in [5.74, 6) is -1.99. The van der Waals surface area contributed by atoms with Crippen molar-refractivity contribution in [2.24, 2.45) is 0 Å². The van der Waals surface area contributed by atoms with Crippen molar-refractivity contribution in [2.45, 2.75) is 6.54 Å². The fourth-order valence-corrected chi connectivity index (χ4v) is 1.77. The number of alkyl halides is 1. The monoisotopic (exact) mass is 296 g/mol. The first-order chi connectivity index (χ1) is 9.60. The van der Waals surface area contributed by atoms with Crippen LogP contribution >= 0.6 is 11.6 Å². The number of halogens is 3. The molecular formula is C14H11ClF2N2O. The number of benzene rings is 1. The number of carbonyl (C=O) groups is 1. The van der Waals surface area contributed by atoms with Crippen LogP contribution in [0.25, 0.3) is 6.08 Å². The van der Waals surface area contributed by atoms with Gasteiger partial charge in [-0.15, -0.1) is 11.6 Å². The zero-order valence-corrected chi connectivity index (χ0v) is 11.1. The Morgan fingerprint density at radius 2 is 2.15 bits per heavy atom. The molecule has 1 aromatic heterocycles. The predicted molar refractivity (Wildman–Crippen MR) is 72.7 cm³/mol. The number of carbonyl (C=O) groups excluding carboxylic acids is 1. The molecule has 2 aromatic rings. The summed E-state index contributed by atoms with van der Waals surface area (Å²) in [5.41, 5.74) is 0.819. The molecule has 1 heterocycles. The fraction of sp³-hybridized carbons (Fsp3) is 0.143. The highest BCUT2D eigenvalue weighted by Crippen LogP contribution is 2.10. The molecule has 0 N–H and O–H groups in total. The van der Waals surface area contributed by atoms with Gasteiger partial charge in [0.1, 0.15) is 0 Å². The van der Waals surface area contributed by atoms with Gasteiger partial charge in [-0.05, 0) is 30.4 Å². The molecule has 3 nitrogen and oxygen atoms in total.